The molecule has 1 rings (SSSR count). The molecule has 3 heteroatoms. The Morgan fingerprint density at radius 2 is 1.55 bits per heavy atom. The molecule has 0 amide bonds. The van der Waals surface area contributed by atoms with Crippen LogP contribution >= 0.6 is 0 Å². The van der Waals surface area contributed by atoms with Crippen molar-refractivity contribution in [3.63, 3.8) is 0 Å². The molecule has 0 aromatic carbocycles. The fourth-order valence-corrected chi connectivity index (χ4v) is 0.877. The van der Waals surface area contributed by atoms with Crippen LogP contribution in [-0.2, 0) is 7.05 Å². The molecule has 1 aromatic rings. The van der Waals surface area contributed by atoms with Gasteiger partial charge in [-0.1, -0.05) is 0 Å². The number of methoxy groups -OCH3 is 2. The van der Waals surface area contributed by atoms with Gasteiger partial charge in [0.25, 0.3) is 0 Å². The summed E-state index contributed by atoms with van der Waals surface area (Å²) in [6.45, 7) is 0. The molecule has 0 radical (unpaired) electrons. The minimum absolute atomic E-state index is 0.798. The molecule has 0 aliphatic rings. The van der Waals surface area contributed by atoms with Gasteiger partial charge >= 0.3 is 0 Å². The highest BCUT2D eigenvalue weighted by atomic mass is 16.5. The molecule has 0 N–H and O–H groups in total. The molecule has 0 unspecified atom stereocenters. The van der Waals surface area contributed by atoms with Crippen LogP contribution in [0.4, 0.5) is 0 Å². The van der Waals surface area contributed by atoms with Crippen LogP contribution in [0.2, 0.25) is 0 Å². The topological polar surface area (TPSA) is 22.3 Å². The van der Waals surface area contributed by atoms with Gasteiger partial charge in [0, 0.05) is 6.07 Å². The number of rotatable bonds is 2. The van der Waals surface area contributed by atoms with Gasteiger partial charge < -0.3 is 9.47 Å². The van der Waals surface area contributed by atoms with E-state index >= 15 is 0 Å². The summed E-state index contributed by atoms with van der Waals surface area (Å²) < 4.78 is 12.0. The standard InChI is InChI=1S/C8H12NO2/c1-9-5-7(10-2)4-8(6-9)11-3/h4-6H,1-3H3/q+1. The average Bonchev–Trinajstić information content (AvgIpc) is 2.03. The molecule has 1 heterocycles. The summed E-state index contributed by atoms with van der Waals surface area (Å²) >= 11 is 0. The van der Waals surface area contributed by atoms with Gasteiger partial charge in [-0.25, -0.2) is 4.57 Å². The summed E-state index contributed by atoms with van der Waals surface area (Å²) in [6.07, 6.45) is 3.76. The van der Waals surface area contributed by atoms with E-state index in [9.17, 15) is 0 Å². The van der Waals surface area contributed by atoms with Crippen molar-refractivity contribution >= 4 is 0 Å². The molecular weight excluding hydrogens is 142 g/mol. The zero-order valence-electron chi connectivity index (χ0n) is 7.00. The number of hydrogen-bond donors (Lipinski definition) is 0. The van der Waals surface area contributed by atoms with Crippen molar-refractivity contribution in [1.29, 1.82) is 0 Å². The van der Waals surface area contributed by atoms with E-state index in [2.05, 4.69) is 0 Å². The minimum atomic E-state index is 0.798. The van der Waals surface area contributed by atoms with Crippen molar-refractivity contribution in [3.05, 3.63) is 18.5 Å². The summed E-state index contributed by atoms with van der Waals surface area (Å²) in [6, 6.07) is 1.83. The summed E-state index contributed by atoms with van der Waals surface area (Å²) in [7, 11) is 5.19. The van der Waals surface area contributed by atoms with Gasteiger partial charge in [0.15, 0.2) is 11.5 Å². The van der Waals surface area contributed by atoms with Crippen molar-refractivity contribution in [2.24, 2.45) is 7.05 Å². The summed E-state index contributed by atoms with van der Waals surface area (Å²) in [5.41, 5.74) is 0. The highest BCUT2D eigenvalue weighted by Gasteiger charge is 2.02. The molecule has 3 nitrogen and oxygen atoms in total. The van der Waals surface area contributed by atoms with Crippen molar-refractivity contribution < 1.29 is 14.0 Å². The Morgan fingerprint density at radius 1 is 1.09 bits per heavy atom. The third-order valence-electron chi connectivity index (χ3n) is 1.42. The van der Waals surface area contributed by atoms with Gasteiger partial charge in [0.1, 0.15) is 7.05 Å². The predicted octanol–water partition coefficient (Wildman–Crippen LogP) is 0.528. The van der Waals surface area contributed by atoms with Crippen LogP contribution in [0.1, 0.15) is 0 Å². The Kier molecular flexibility index (Phi) is 2.31. The summed E-state index contributed by atoms with van der Waals surface area (Å²) in [5, 5.41) is 0. The Balaban J connectivity index is 3.02. The molecule has 0 aliphatic heterocycles. The van der Waals surface area contributed by atoms with E-state index in [4.69, 9.17) is 9.47 Å². The van der Waals surface area contributed by atoms with E-state index in [0.717, 1.165) is 11.5 Å². The first-order valence-electron chi connectivity index (χ1n) is 3.34. The van der Waals surface area contributed by atoms with Crippen LogP contribution in [0.3, 0.4) is 0 Å². The zero-order chi connectivity index (χ0) is 8.27. The maximum Gasteiger partial charge on any atom is 0.211 e. The molecular formula is C8H12NO2+. The fraction of sp³-hybridized carbons (Fsp3) is 0.375. The predicted molar refractivity (Wildman–Crippen MR) is 40.7 cm³/mol. The second-order valence-electron chi connectivity index (χ2n) is 2.28. The molecule has 0 saturated carbocycles. The molecule has 0 spiro atoms. The summed E-state index contributed by atoms with van der Waals surface area (Å²) in [4.78, 5) is 0. The normalized spacial score (nSPS) is 9.36. The number of nitrogens with zero attached hydrogens (tertiary/aromatic N) is 1. The van der Waals surface area contributed by atoms with Crippen LogP contribution < -0.4 is 14.0 Å². The maximum absolute atomic E-state index is 5.04. The maximum atomic E-state index is 5.04. The smallest absolute Gasteiger partial charge is 0.211 e. The number of hydrogen-bond acceptors (Lipinski definition) is 2. The highest BCUT2D eigenvalue weighted by Crippen LogP contribution is 2.14. The largest absolute Gasteiger partial charge is 0.491 e. The molecule has 0 saturated heterocycles. The van der Waals surface area contributed by atoms with Crippen LogP contribution in [0.5, 0.6) is 11.5 Å². The van der Waals surface area contributed by atoms with Gasteiger partial charge in [-0.2, -0.15) is 0 Å². The van der Waals surface area contributed by atoms with Crippen molar-refractivity contribution in [1.82, 2.24) is 0 Å². The van der Waals surface area contributed by atoms with Crippen molar-refractivity contribution in [2.45, 2.75) is 0 Å². The second kappa shape index (κ2) is 3.23. The molecule has 0 atom stereocenters. The second-order valence-corrected chi connectivity index (χ2v) is 2.28. The Morgan fingerprint density at radius 3 is 1.91 bits per heavy atom. The quantitative estimate of drug-likeness (QED) is 0.580. The first-order chi connectivity index (χ1) is 5.26. The SMILES string of the molecule is COc1cc(OC)c[n+](C)c1. The van der Waals surface area contributed by atoms with E-state index < -0.39 is 0 Å². The van der Waals surface area contributed by atoms with Crippen LogP contribution in [0.15, 0.2) is 18.5 Å². The first kappa shape index (κ1) is 7.85. The van der Waals surface area contributed by atoms with Crippen LogP contribution in [-0.4, -0.2) is 14.2 Å². The lowest BCUT2D eigenvalue weighted by Crippen LogP contribution is -2.26. The first-order valence-corrected chi connectivity index (χ1v) is 3.34. The monoisotopic (exact) mass is 154 g/mol. The lowest BCUT2D eigenvalue weighted by atomic mass is 10.4. The molecule has 60 valence electrons. The zero-order valence-corrected chi connectivity index (χ0v) is 7.00. The molecule has 0 aliphatic carbocycles. The number of aryl methyl sites for hydroxylation is 1. The molecule has 0 fully saturated rings. The third-order valence-corrected chi connectivity index (χ3v) is 1.42. The summed E-state index contributed by atoms with van der Waals surface area (Å²) in [5.74, 6) is 1.60. The van der Waals surface area contributed by atoms with Crippen molar-refractivity contribution in [3.8, 4) is 11.5 Å². The van der Waals surface area contributed by atoms with E-state index in [-0.39, 0.29) is 0 Å². The minimum Gasteiger partial charge on any atom is -0.491 e. The lowest BCUT2D eigenvalue weighted by molar-refractivity contribution is -0.672. The molecule has 1 aromatic heterocycles. The molecule has 11 heavy (non-hydrogen) atoms. The third kappa shape index (κ3) is 1.83. The van der Waals surface area contributed by atoms with Gasteiger partial charge in [-0.05, 0) is 0 Å². The van der Waals surface area contributed by atoms with E-state index in [1.807, 2.05) is 30.1 Å². The van der Waals surface area contributed by atoms with Crippen LogP contribution in [0, 0.1) is 0 Å². The van der Waals surface area contributed by atoms with E-state index in [1.165, 1.54) is 0 Å². The average molecular weight is 154 g/mol. The highest BCUT2D eigenvalue weighted by molar-refractivity contribution is 5.25. The van der Waals surface area contributed by atoms with Gasteiger partial charge in [0.05, 0.1) is 14.2 Å². The van der Waals surface area contributed by atoms with Crippen molar-refractivity contribution in [2.75, 3.05) is 14.2 Å². The van der Waals surface area contributed by atoms with Gasteiger partial charge in [-0.3, -0.25) is 0 Å². The van der Waals surface area contributed by atoms with Gasteiger partial charge in [0.2, 0.25) is 12.4 Å². The Bertz CT molecular complexity index is 226. The van der Waals surface area contributed by atoms with E-state index in [0.29, 0.717) is 0 Å². The fourth-order valence-electron chi connectivity index (χ4n) is 0.877. The van der Waals surface area contributed by atoms with Crippen LogP contribution in [0.25, 0.3) is 0 Å². The number of ether oxygens (including phenoxy) is 2. The number of aromatic nitrogens is 1. The Hall–Kier alpha value is -1.25. The Labute approximate surface area is 66.2 Å². The molecule has 0 bridgehead atoms. The van der Waals surface area contributed by atoms with E-state index in [1.54, 1.807) is 14.2 Å². The lowest BCUT2D eigenvalue weighted by Gasteiger charge is -2.00. The number of pyridine rings is 1. The van der Waals surface area contributed by atoms with Gasteiger partial charge in [-0.15, -0.1) is 0 Å².